The van der Waals surface area contributed by atoms with Crippen molar-refractivity contribution in [2.75, 3.05) is 7.11 Å². The third kappa shape index (κ3) is 3.96. The first kappa shape index (κ1) is 16.3. The van der Waals surface area contributed by atoms with Crippen LogP contribution in [-0.2, 0) is 6.42 Å². The second kappa shape index (κ2) is 7.77. The Labute approximate surface area is 134 Å². The summed E-state index contributed by atoms with van der Waals surface area (Å²) >= 11 is 3.12. The van der Waals surface area contributed by atoms with Gasteiger partial charge in [-0.25, -0.2) is 4.98 Å². The van der Waals surface area contributed by atoms with Crippen LogP contribution < -0.4 is 10.5 Å². The number of nitrogens with zero attached hydrogens (tertiary/aromatic N) is 2. The highest BCUT2D eigenvalue weighted by atomic mass is 32.2. The molecule has 2 aromatic rings. The zero-order valence-electron chi connectivity index (χ0n) is 12.6. The molecule has 2 unspecified atom stereocenters. The largest absolute Gasteiger partial charge is 0.496 e. The molecule has 2 N–H and O–H groups in total. The summed E-state index contributed by atoms with van der Waals surface area (Å²) in [4.78, 5) is 4.54. The SMILES string of the molecule is CCc1nsc(SC(c2ccccc2OC)C(N)CC)n1. The summed E-state index contributed by atoms with van der Waals surface area (Å²) in [6.45, 7) is 4.16. The van der Waals surface area contributed by atoms with Gasteiger partial charge >= 0.3 is 0 Å². The Bertz CT molecular complexity index is 574. The van der Waals surface area contributed by atoms with Crippen molar-refractivity contribution in [1.82, 2.24) is 9.36 Å². The third-order valence-corrected chi connectivity index (χ3v) is 5.51. The van der Waals surface area contributed by atoms with Crippen molar-refractivity contribution in [3.05, 3.63) is 35.7 Å². The monoisotopic (exact) mass is 323 g/mol. The maximum absolute atomic E-state index is 6.34. The summed E-state index contributed by atoms with van der Waals surface area (Å²) in [6, 6.07) is 8.09. The molecule has 114 valence electrons. The lowest BCUT2D eigenvalue weighted by Crippen LogP contribution is -2.26. The van der Waals surface area contributed by atoms with E-state index in [4.69, 9.17) is 10.5 Å². The standard InChI is InChI=1S/C15H21N3OS2/c1-4-11(16)14(10-8-6-7-9-12(10)19-3)20-15-17-13(5-2)18-21-15/h6-9,11,14H,4-5,16H2,1-3H3. The number of rotatable bonds is 7. The van der Waals surface area contributed by atoms with E-state index in [1.807, 2.05) is 18.2 Å². The molecule has 0 radical (unpaired) electrons. The van der Waals surface area contributed by atoms with Crippen molar-refractivity contribution < 1.29 is 4.74 Å². The molecule has 0 saturated heterocycles. The highest BCUT2D eigenvalue weighted by Crippen LogP contribution is 2.42. The number of methoxy groups -OCH3 is 1. The van der Waals surface area contributed by atoms with Gasteiger partial charge in [-0.3, -0.25) is 0 Å². The fourth-order valence-corrected chi connectivity index (χ4v) is 4.19. The van der Waals surface area contributed by atoms with Crippen molar-refractivity contribution in [3.63, 3.8) is 0 Å². The molecular weight excluding hydrogens is 302 g/mol. The Kier molecular flexibility index (Phi) is 6.02. The Morgan fingerprint density at radius 3 is 2.71 bits per heavy atom. The van der Waals surface area contributed by atoms with Gasteiger partial charge in [-0.05, 0) is 24.0 Å². The molecule has 2 rings (SSSR count). The number of thioether (sulfide) groups is 1. The summed E-state index contributed by atoms with van der Waals surface area (Å²) in [5.74, 6) is 1.77. The van der Waals surface area contributed by atoms with Gasteiger partial charge in [-0.2, -0.15) is 4.37 Å². The number of para-hydroxylation sites is 1. The lowest BCUT2D eigenvalue weighted by Gasteiger charge is -2.23. The predicted octanol–water partition coefficient (Wildman–Crippen LogP) is 3.68. The second-order valence-corrected chi connectivity index (χ2v) is 6.82. The van der Waals surface area contributed by atoms with Crippen molar-refractivity contribution in [3.8, 4) is 5.75 Å². The van der Waals surface area contributed by atoms with Crippen LogP contribution in [0.15, 0.2) is 28.6 Å². The highest BCUT2D eigenvalue weighted by molar-refractivity contribution is 8.01. The van der Waals surface area contributed by atoms with Crippen LogP contribution in [0, 0.1) is 0 Å². The number of ether oxygens (including phenoxy) is 1. The van der Waals surface area contributed by atoms with E-state index < -0.39 is 0 Å². The van der Waals surface area contributed by atoms with Crippen LogP contribution in [-0.4, -0.2) is 22.5 Å². The second-order valence-electron chi connectivity index (χ2n) is 4.68. The first-order valence-corrected chi connectivity index (χ1v) is 8.72. The molecule has 0 amide bonds. The van der Waals surface area contributed by atoms with Gasteiger partial charge in [0.2, 0.25) is 0 Å². The summed E-state index contributed by atoms with van der Waals surface area (Å²) in [5.41, 5.74) is 7.46. The molecule has 2 atom stereocenters. The van der Waals surface area contributed by atoms with Crippen molar-refractivity contribution in [2.24, 2.45) is 5.73 Å². The van der Waals surface area contributed by atoms with Crippen LogP contribution in [0.3, 0.4) is 0 Å². The Hall–Kier alpha value is -1.11. The van der Waals surface area contributed by atoms with E-state index in [2.05, 4.69) is 29.3 Å². The molecule has 0 aliphatic rings. The van der Waals surface area contributed by atoms with Gasteiger partial charge in [0, 0.05) is 18.0 Å². The minimum Gasteiger partial charge on any atom is -0.496 e. The summed E-state index contributed by atoms with van der Waals surface area (Å²) in [7, 11) is 1.69. The molecule has 4 nitrogen and oxygen atoms in total. The van der Waals surface area contributed by atoms with E-state index in [9.17, 15) is 0 Å². The van der Waals surface area contributed by atoms with Gasteiger partial charge in [0.15, 0.2) is 4.34 Å². The quantitative estimate of drug-likeness (QED) is 0.788. The number of aromatic nitrogens is 2. The zero-order chi connectivity index (χ0) is 15.2. The molecule has 0 bridgehead atoms. The van der Waals surface area contributed by atoms with Gasteiger partial charge in [0.25, 0.3) is 0 Å². The van der Waals surface area contributed by atoms with Crippen LogP contribution in [0.1, 0.15) is 36.9 Å². The van der Waals surface area contributed by atoms with Crippen LogP contribution in [0.5, 0.6) is 5.75 Å². The van der Waals surface area contributed by atoms with E-state index >= 15 is 0 Å². The molecule has 0 saturated carbocycles. The lowest BCUT2D eigenvalue weighted by molar-refractivity contribution is 0.407. The minimum absolute atomic E-state index is 0.0419. The number of nitrogens with two attached hydrogens (primary N) is 1. The molecule has 1 aromatic carbocycles. The van der Waals surface area contributed by atoms with Crippen LogP contribution in [0.25, 0.3) is 0 Å². The number of hydrogen-bond acceptors (Lipinski definition) is 6. The Morgan fingerprint density at radius 2 is 2.10 bits per heavy atom. The average molecular weight is 323 g/mol. The van der Waals surface area contributed by atoms with E-state index in [0.717, 1.165) is 34.3 Å². The molecule has 0 aliphatic carbocycles. The molecule has 0 aliphatic heterocycles. The van der Waals surface area contributed by atoms with Gasteiger partial charge in [0.1, 0.15) is 11.6 Å². The van der Waals surface area contributed by atoms with E-state index in [0.29, 0.717) is 0 Å². The first-order chi connectivity index (χ1) is 10.2. The molecule has 0 fully saturated rings. The first-order valence-electron chi connectivity index (χ1n) is 7.07. The minimum atomic E-state index is 0.0419. The fourth-order valence-electron chi connectivity index (χ4n) is 2.04. The number of hydrogen-bond donors (Lipinski definition) is 1. The summed E-state index contributed by atoms with van der Waals surface area (Å²) < 4.78 is 10.8. The number of benzene rings is 1. The topological polar surface area (TPSA) is 61.0 Å². The number of aryl methyl sites for hydroxylation is 1. The van der Waals surface area contributed by atoms with Crippen molar-refractivity contribution >= 4 is 23.3 Å². The maximum Gasteiger partial charge on any atom is 0.170 e. The van der Waals surface area contributed by atoms with E-state index in [1.54, 1.807) is 18.9 Å². The molecule has 1 heterocycles. The van der Waals surface area contributed by atoms with Crippen molar-refractivity contribution in [1.29, 1.82) is 0 Å². The maximum atomic E-state index is 6.34. The molecule has 1 aromatic heterocycles. The van der Waals surface area contributed by atoms with Gasteiger partial charge < -0.3 is 10.5 Å². The predicted molar refractivity (Wildman–Crippen MR) is 89.1 cm³/mol. The fraction of sp³-hybridized carbons (Fsp3) is 0.467. The summed E-state index contributed by atoms with van der Waals surface area (Å²) in [5, 5.41) is 0.115. The molecule has 21 heavy (non-hydrogen) atoms. The van der Waals surface area contributed by atoms with Gasteiger partial charge in [0.05, 0.1) is 12.4 Å². The summed E-state index contributed by atoms with van der Waals surface area (Å²) in [6.07, 6.45) is 1.76. The third-order valence-electron chi connectivity index (χ3n) is 3.30. The normalized spacial score (nSPS) is 13.9. The van der Waals surface area contributed by atoms with E-state index in [-0.39, 0.29) is 11.3 Å². The van der Waals surface area contributed by atoms with Gasteiger partial charge in [-0.15, -0.1) is 0 Å². The molecule has 6 heteroatoms. The Morgan fingerprint density at radius 1 is 1.33 bits per heavy atom. The van der Waals surface area contributed by atoms with Crippen molar-refractivity contribution in [2.45, 2.75) is 42.3 Å². The van der Waals surface area contributed by atoms with Crippen LogP contribution >= 0.6 is 23.3 Å². The highest BCUT2D eigenvalue weighted by Gasteiger charge is 2.24. The molecule has 0 spiro atoms. The smallest absolute Gasteiger partial charge is 0.170 e. The van der Waals surface area contributed by atoms with E-state index in [1.165, 1.54) is 11.5 Å². The Balaban J connectivity index is 2.29. The zero-order valence-corrected chi connectivity index (χ0v) is 14.2. The van der Waals surface area contributed by atoms with Crippen LogP contribution in [0.2, 0.25) is 0 Å². The lowest BCUT2D eigenvalue weighted by atomic mass is 10.0. The molecular formula is C15H21N3OS2. The van der Waals surface area contributed by atoms with Crippen LogP contribution in [0.4, 0.5) is 0 Å². The average Bonchev–Trinajstić information content (AvgIpc) is 2.99. The van der Waals surface area contributed by atoms with Gasteiger partial charge in [-0.1, -0.05) is 43.8 Å².